The third kappa shape index (κ3) is 3.31. The molecule has 3 aromatic rings. The molecule has 4 rings (SSSR count). The Morgan fingerprint density at radius 3 is 2.76 bits per heavy atom. The molecule has 1 amide bonds. The van der Waals surface area contributed by atoms with Gasteiger partial charge < -0.3 is 9.47 Å². The Balaban J connectivity index is 1.43. The molecule has 2 aromatic heterocycles. The summed E-state index contributed by atoms with van der Waals surface area (Å²) in [4.78, 5) is 22.9. The number of carbonyl (C=O) groups is 1. The number of imidazole rings is 1. The molecule has 0 aliphatic carbocycles. The van der Waals surface area contributed by atoms with Gasteiger partial charge in [0.2, 0.25) is 5.91 Å². The number of carbonyl (C=O) groups excluding carboxylic acids is 1. The highest BCUT2D eigenvalue weighted by Crippen LogP contribution is 2.22. The summed E-state index contributed by atoms with van der Waals surface area (Å²) in [6, 6.07) is 10.4. The number of hydrogen-bond acceptors (Lipinski definition) is 3. The van der Waals surface area contributed by atoms with Crippen LogP contribution in [0.3, 0.4) is 0 Å². The number of pyridine rings is 1. The number of amides is 1. The number of benzene rings is 1. The van der Waals surface area contributed by atoms with Gasteiger partial charge in [-0.1, -0.05) is 18.2 Å². The Bertz CT molecular complexity index is 888. The summed E-state index contributed by atoms with van der Waals surface area (Å²) in [6.07, 6.45) is 12.9. The number of nitrogens with zero attached hydrogens (tertiary/aromatic N) is 4. The smallest absolute Gasteiger partial charge is 0.246 e. The van der Waals surface area contributed by atoms with E-state index in [0.717, 1.165) is 42.4 Å². The normalized spacial score (nSPS) is 15.9. The van der Waals surface area contributed by atoms with Crippen molar-refractivity contribution in [3.8, 4) is 0 Å². The molecule has 5 heteroatoms. The fraction of sp³-hybridized carbons (Fsp3) is 0.250. The van der Waals surface area contributed by atoms with Gasteiger partial charge in [0.1, 0.15) is 0 Å². The molecule has 0 bridgehead atoms. The van der Waals surface area contributed by atoms with Crippen LogP contribution in [0.2, 0.25) is 0 Å². The largest absolute Gasteiger partial charge is 0.339 e. The van der Waals surface area contributed by atoms with E-state index in [1.807, 2.05) is 53.8 Å². The van der Waals surface area contributed by atoms with Crippen LogP contribution >= 0.6 is 0 Å². The second-order valence-electron chi connectivity index (χ2n) is 6.32. The van der Waals surface area contributed by atoms with Gasteiger partial charge in [0.15, 0.2) is 0 Å². The van der Waals surface area contributed by atoms with Crippen molar-refractivity contribution < 1.29 is 4.79 Å². The molecule has 0 unspecified atom stereocenters. The van der Waals surface area contributed by atoms with E-state index in [2.05, 4.69) is 14.5 Å². The standard InChI is InChI=1S/C20H20N4O/c25-20(23-12-8-17(9-13-23)24-14-11-21-15-24)6-5-16-7-10-22-19-4-2-1-3-18(16)19/h1-7,10-11,14-15,17H,8-9,12-13H2/b6-5-. The first-order valence-electron chi connectivity index (χ1n) is 8.59. The quantitative estimate of drug-likeness (QED) is 0.692. The van der Waals surface area contributed by atoms with Crippen molar-refractivity contribution >= 4 is 22.9 Å². The lowest BCUT2D eigenvalue weighted by molar-refractivity contribution is -0.127. The Hall–Kier alpha value is -2.95. The minimum atomic E-state index is 0.0741. The highest BCUT2D eigenvalue weighted by molar-refractivity contribution is 5.95. The van der Waals surface area contributed by atoms with Crippen LogP contribution in [0, 0.1) is 0 Å². The van der Waals surface area contributed by atoms with Crippen LogP contribution < -0.4 is 0 Å². The zero-order valence-corrected chi connectivity index (χ0v) is 14.0. The van der Waals surface area contributed by atoms with Crippen LogP contribution in [0.25, 0.3) is 17.0 Å². The predicted molar refractivity (Wildman–Crippen MR) is 97.9 cm³/mol. The van der Waals surface area contributed by atoms with Gasteiger partial charge in [0, 0.05) is 49.2 Å². The fourth-order valence-corrected chi connectivity index (χ4v) is 3.40. The number of fused-ring (bicyclic) bond motifs is 1. The molecule has 1 saturated heterocycles. The van der Waals surface area contributed by atoms with E-state index in [9.17, 15) is 4.79 Å². The predicted octanol–water partition coefficient (Wildman–Crippen LogP) is 3.31. The van der Waals surface area contributed by atoms with Gasteiger partial charge in [-0.15, -0.1) is 0 Å². The average Bonchev–Trinajstić information content (AvgIpc) is 3.21. The Labute approximate surface area is 146 Å². The molecule has 25 heavy (non-hydrogen) atoms. The summed E-state index contributed by atoms with van der Waals surface area (Å²) in [7, 11) is 0. The second kappa shape index (κ2) is 6.89. The zero-order chi connectivity index (χ0) is 17.1. The molecule has 0 radical (unpaired) electrons. The van der Waals surface area contributed by atoms with E-state index >= 15 is 0 Å². The fourth-order valence-electron chi connectivity index (χ4n) is 3.40. The lowest BCUT2D eigenvalue weighted by atomic mass is 10.0. The Morgan fingerprint density at radius 2 is 1.96 bits per heavy atom. The minimum absolute atomic E-state index is 0.0741. The van der Waals surface area contributed by atoms with Gasteiger partial charge in [-0.05, 0) is 36.6 Å². The first-order valence-corrected chi connectivity index (χ1v) is 8.59. The molecule has 0 N–H and O–H groups in total. The SMILES string of the molecule is O=C(/C=C\c1ccnc2ccccc12)N1CCC(n2ccnc2)CC1. The molecule has 0 spiro atoms. The van der Waals surface area contributed by atoms with Gasteiger partial charge >= 0.3 is 0 Å². The summed E-state index contributed by atoms with van der Waals surface area (Å²) in [5.41, 5.74) is 1.96. The molecule has 3 heterocycles. The Kier molecular flexibility index (Phi) is 4.29. The molecule has 1 fully saturated rings. The molecule has 5 nitrogen and oxygen atoms in total. The second-order valence-corrected chi connectivity index (χ2v) is 6.32. The van der Waals surface area contributed by atoms with E-state index in [-0.39, 0.29) is 5.91 Å². The zero-order valence-electron chi connectivity index (χ0n) is 14.0. The maximum atomic E-state index is 12.5. The van der Waals surface area contributed by atoms with E-state index in [4.69, 9.17) is 0 Å². The summed E-state index contributed by atoms with van der Waals surface area (Å²) in [6.45, 7) is 1.56. The maximum Gasteiger partial charge on any atom is 0.246 e. The van der Waals surface area contributed by atoms with Crippen LogP contribution in [0.15, 0.2) is 61.3 Å². The molecular weight excluding hydrogens is 312 g/mol. The molecule has 1 aromatic carbocycles. The van der Waals surface area contributed by atoms with Crippen LogP contribution in [0.5, 0.6) is 0 Å². The van der Waals surface area contributed by atoms with Gasteiger partial charge in [-0.3, -0.25) is 9.78 Å². The first kappa shape index (κ1) is 15.6. The Morgan fingerprint density at radius 1 is 1.12 bits per heavy atom. The molecule has 1 aliphatic rings. The van der Waals surface area contributed by atoms with Crippen LogP contribution in [-0.4, -0.2) is 38.4 Å². The summed E-state index contributed by atoms with van der Waals surface area (Å²) >= 11 is 0. The molecule has 0 saturated carbocycles. The lowest BCUT2D eigenvalue weighted by Crippen LogP contribution is -2.37. The summed E-state index contributed by atoms with van der Waals surface area (Å²) < 4.78 is 2.14. The van der Waals surface area contributed by atoms with Crippen molar-refractivity contribution in [2.45, 2.75) is 18.9 Å². The third-order valence-electron chi connectivity index (χ3n) is 4.81. The van der Waals surface area contributed by atoms with Crippen molar-refractivity contribution in [2.75, 3.05) is 13.1 Å². The number of para-hydroxylation sites is 1. The number of rotatable bonds is 3. The van der Waals surface area contributed by atoms with Crippen molar-refractivity contribution in [3.63, 3.8) is 0 Å². The van der Waals surface area contributed by atoms with Crippen molar-refractivity contribution in [3.05, 3.63) is 66.9 Å². The number of piperidine rings is 1. The summed E-state index contributed by atoms with van der Waals surface area (Å²) in [5.74, 6) is 0.0741. The molecule has 0 atom stereocenters. The van der Waals surface area contributed by atoms with Crippen molar-refractivity contribution in [1.82, 2.24) is 19.4 Å². The topological polar surface area (TPSA) is 51.0 Å². The number of likely N-dealkylation sites (tertiary alicyclic amines) is 1. The van der Waals surface area contributed by atoms with Crippen LogP contribution in [-0.2, 0) is 4.79 Å². The van der Waals surface area contributed by atoms with Crippen molar-refractivity contribution in [2.24, 2.45) is 0 Å². The third-order valence-corrected chi connectivity index (χ3v) is 4.81. The lowest BCUT2D eigenvalue weighted by Gasteiger charge is -2.31. The molecule has 126 valence electrons. The van der Waals surface area contributed by atoms with Gasteiger partial charge in [-0.2, -0.15) is 0 Å². The number of hydrogen-bond donors (Lipinski definition) is 0. The van der Waals surface area contributed by atoms with Gasteiger partial charge in [-0.25, -0.2) is 4.98 Å². The highest BCUT2D eigenvalue weighted by Gasteiger charge is 2.22. The summed E-state index contributed by atoms with van der Waals surface area (Å²) in [5, 5.41) is 1.06. The monoisotopic (exact) mass is 332 g/mol. The first-order chi connectivity index (χ1) is 12.3. The number of aromatic nitrogens is 3. The highest BCUT2D eigenvalue weighted by atomic mass is 16.2. The van der Waals surface area contributed by atoms with E-state index in [1.54, 1.807) is 18.5 Å². The minimum Gasteiger partial charge on any atom is -0.339 e. The van der Waals surface area contributed by atoms with Crippen LogP contribution in [0.4, 0.5) is 0 Å². The maximum absolute atomic E-state index is 12.5. The van der Waals surface area contributed by atoms with E-state index in [1.165, 1.54) is 0 Å². The molecular formula is C20H20N4O. The molecule has 1 aliphatic heterocycles. The van der Waals surface area contributed by atoms with Gasteiger partial charge in [0.05, 0.1) is 11.8 Å². The van der Waals surface area contributed by atoms with E-state index in [0.29, 0.717) is 6.04 Å². The van der Waals surface area contributed by atoms with Crippen LogP contribution in [0.1, 0.15) is 24.4 Å². The van der Waals surface area contributed by atoms with Gasteiger partial charge in [0.25, 0.3) is 0 Å². The van der Waals surface area contributed by atoms with Crippen molar-refractivity contribution in [1.29, 1.82) is 0 Å². The van der Waals surface area contributed by atoms with E-state index < -0.39 is 0 Å². The average molecular weight is 332 g/mol.